The smallest absolute Gasteiger partial charge is 0.433 e. The summed E-state index contributed by atoms with van der Waals surface area (Å²) < 4.78 is 51.0. The number of nitrogens with zero attached hydrogens (tertiary/aromatic N) is 2. The Labute approximate surface area is 219 Å². The van der Waals surface area contributed by atoms with Gasteiger partial charge < -0.3 is 14.5 Å². The van der Waals surface area contributed by atoms with Gasteiger partial charge in [-0.1, -0.05) is 18.7 Å². The first-order valence-corrected chi connectivity index (χ1v) is 13.2. The SMILES string of the molecule is CCOC(=O)c1c(NC(=O)CSc2nc(C(F)(F)F)cc(-c3ccco3)c2C#N)sc2c1CC[C@@H](C)C2. The number of carbonyl (C=O) groups excluding carboxylic acids is 2. The maximum absolute atomic E-state index is 13.5. The van der Waals surface area contributed by atoms with E-state index in [2.05, 4.69) is 17.2 Å². The maximum atomic E-state index is 13.5. The number of esters is 1. The fourth-order valence-electron chi connectivity index (χ4n) is 4.06. The predicted molar refractivity (Wildman–Crippen MR) is 132 cm³/mol. The minimum atomic E-state index is -4.77. The van der Waals surface area contributed by atoms with Crippen LogP contribution < -0.4 is 5.32 Å². The lowest BCUT2D eigenvalue weighted by atomic mass is 9.88. The van der Waals surface area contributed by atoms with Crippen LogP contribution in [-0.2, 0) is 28.5 Å². The summed E-state index contributed by atoms with van der Waals surface area (Å²) in [5.74, 6) is -0.882. The van der Waals surface area contributed by atoms with Gasteiger partial charge in [0, 0.05) is 10.4 Å². The van der Waals surface area contributed by atoms with Crippen LogP contribution >= 0.6 is 23.1 Å². The standard InChI is InChI=1S/C25H22F3N3O4S2/c1-3-34-24(33)21-14-7-6-13(2)9-18(14)37-23(21)31-20(32)12-36-22-16(11-29)15(17-5-4-8-35-17)10-19(30-22)25(26,27)28/h4-5,8,10,13H,3,6-7,9,12H2,1-2H3,(H,31,32)/t13-/m1/s1. The molecule has 7 nitrogen and oxygen atoms in total. The number of rotatable bonds is 7. The van der Waals surface area contributed by atoms with Crippen LogP contribution in [-0.4, -0.2) is 29.2 Å². The van der Waals surface area contributed by atoms with Crippen LogP contribution in [0.5, 0.6) is 0 Å². The van der Waals surface area contributed by atoms with Crippen molar-refractivity contribution in [2.45, 2.75) is 44.3 Å². The van der Waals surface area contributed by atoms with E-state index < -0.39 is 23.7 Å². The summed E-state index contributed by atoms with van der Waals surface area (Å²) in [6.07, 6.45) is -1.09. The number of nitriles is 1. The molecule has 194 valence electrons. The first-order valence-electron chi connectivity index (χ1n) is 11.4. The molecule has 1 amide bonds. The number of ether oxygens (including phenoxy) is 1. The van der Waals surface area contributed by atoms with Crippen molar-refractivity contribution in [1.82, 2.24) is 4.98 Å². The van der Waals surface area contributed by atoms with E-state index in [1.54, 1.807) is 6.92 Å². The van der Waals surface area contributed by atoms with Gasteiger partial charge in [0.25, 0.3) is 0 Å². The second-order valence-corrected chi connectivity index (χ2v) is 10.5. The van der Waals surface area contributed by atoms with E-state index in [1.807, 2.05) is 6.07 Å². The molecular weight excluding hydrogens is 527 g/mol. The van der Waals surface area contributed by atoms with Crippen LogP contribution in [0.1, 0.15) is 52.3 Å². The number of alkyl halides is 3. The third-order valence-electron chi connectivity index (χ3n) is 5.76. The molecule has 1 aliphatic carbocycles. The molecule has 0 saturated heterocycles. The number of aromatic nitrogens is 1. The molecule has 3 aromatic heterocycles. The monoisotopic (exact) mass is 549 g/mol. The number of thioether (sulfide) groups is 1. The molecule has 37 heavy (non-hydrogen) atoms. The quantitative estimate of drug-likeness (QED) is 0.271. The average molecular weight is 550 g/mol. The summed E-state index contributed by atoms with van der Waals surface area (Å²) in [4.78, 5) is 30.2. The van der Waals surface area contributed by atoms with Crippen LogP contribution in [0.4, 0.5) is 18.2 Å². The van der Waals surface area contributed by atoms with Gasteiger partial charge in [0.2, 0.25) is 5.91 Å². The first-order chi connectivity index (χ1) is 17.6. The molecule has 1 aliphatic rings. The van der Waals surface area contributed by atoms with Crippen molar-refractivity contribution in [2.75, 3.05) is 17.7 Å². The minimum absolute atomic E-state index is 0.0672. The number of carbonyl (C=O) groups is 2. The highest BCUT2D eigenvalue weighted by Crippen LogP contribution is 2.41. The molecule has 0 aromatic carbocycles. The molecule has 0 fully saturated rings. The van der Waals surface area contributed by atoms with Gasteiger partial charge in [-0.05, 0) is 55.9 Å². The second kappa shape index (κ2) is 11.0. The number of hydrogen-bond acceptors (Lipinski definition) is 8. The number of fused-ring (bicyclic) bond motifs is 1. The molecule has 1 atom stereocenters. The second-order valence-electron chi connectivity index (χ2n) is 8.44. The number of amides is 1. The third kappa shape index (κ3) is 5.83. The van der Waals surface area contributed by atoms with Gasteiger partial charge in [-0.3, -0.25) is 4.79 Å². The van der Waals surface area contributed by atoms with Crippen molar-refractivity contribution in [3.63, 3.8) is 0 Å². The van der Waals surface area contributed by atoms with E-state index in [0.29, 0.717) is 34.7 Å². The molecule has 4 rings (SSSR count). The van der Waals surface area contributed by atoms with Crippen LogP contribution in [0.15, 0.2) is 33.9 Å². The largest absolute Gasteiger partial charge is 0.464 e. The van der Waals surface area contributed by atoms with E-state index in [1.165, 1.54) is 29.7 Å². The van der Waals surface area contributed by atoms with Crippen molar-refractivity contribution in [3.8, 4) is 17.4 Å². The van der Waals surface area contributed by atoms with E-state index in [4.69, 9.17) is 9.15 Å². The van der Waals surface area contributed by atoms with Gasteiger partial charge in [0.05, 0.1) is 29.7 Å². The molecule has 3 aromatic rings. The average Bonchev–Trinajstić information content (AvgIpc) is 3.49. The van der Waals surface area contributed by atoms with Crippen LogP contribution in [0.2, 0.25) is 0 Å². The molecule has 0 spiro atoms. The zero-order valence-corrected chi connectivity index (χ0v) is 21.5. The highest BCUT2D eigenvalue weighted by Gasteiger charge is 2.35. The van der Waals surface area contributed by atoms with Crippen LogP contribution in [0, 0.1) is 17.2 Å². The zero-order chi connectivity index (χ0) is 26.7. The number of pyridine rings is 1. The lowest BCUT2D eigenvalue weighted by molar-refractivity contribution is -0.141. The van der Waals surface area contributed by atoms with Crippen LogP contribution in [0.25, 0.3) is 11.3 Å². The Morgan fingerprint density at radius 3 is 2.84 bits per heavy atom. The zero-order valence-electron chi connectivity index (χ0n) is 19.9. The van der Waals surface area contributed by atoms with E-state index in [0.717, 1.165) is 29.3 Å². The summed E-state index contributed by atoms with van der Waals surface area (Å²) in [6.45, 7) is 3.99. The number of nitrogens with one attached hydrogen (secondary N) is 1. The van der Waals surface area contributed by atoms with Crippen molar-refractivity contribution in [3.05, 3.63) is 51.7 Å². The first kappa shape index (κ1) is 26.8. The van der Waals surface area contributed by atoms with Gasteiger partial charge in [-0.2, -0.15) is 18.4 Å². The van der Waals surface area contributed by atoms with E-state index >= 15 is 0 Å². The highest BCUT2D eigenvalue weighted by atomic mass is 32.2. The summed E-state index contributed by atoms with van der Waals surface area (Å²) in [7, 11) is 0. The Morgan fingerprint density at radius 1 is 1.41 bits per heavy atom. The fraction of sp³-hybridized carbons (Fsp3) is 0.360. The summed E-state index contributed by atoms with van der Waals surface area (Å²) >= 11 is 2.01. The normalized spacial score (nSPS) is 15.1. The molecule has 0 bridgehead atoms. The lowest BCUT2D eigenvalue weighted by Gasteiger charge is -2.18. The highest BCUT2D eigenvalue weighted by molar-refractivity contribution is 8.00. The Kier molecular flexibility index (Phi) is 7.94. The lowest BCUT2D eigenvalue weighted by Crippen LogP contribution is -2.18. The number of halogens is 3. The predicted octanol–water partition coefficient (Wildman–Crippen LogP) is 6.33. The van der Waals surface area contributed by atoms with E-state index in [-0.39, 0.29) is 34.3 Å². The summed E-state index contributed by atoms with van der Waals surface area (Å²) in [6, 6.07) is 5.56. The number of furan rings is 1. The van der Waals surface area contributed by atoms with Gasteiger partial charge in [0.1, 0.15) is 27.6 Å². The number of thiophene rings is 1. The molecular formula is C25H22F3N3O4S2. The van der Waals surface area contributed by atoms with E-state index in [9.17, 15) is 28.0 Å². The Hall–Kier alpha value is -3.30. The Morgan fingerprint density at radius 2 is 2.19 bits per heavy atom. The Balaban J connectivity index is 1.60. The molecule has 0 aliphatic heterocycles. The van der Waals surface area contributed by atoms with Gasteiger partial charge in [0.15, 0.2) is 0 Å². The molecule has 3 heterocycles. The maximum Gasteiger partial charge on any atom is 0.433 e. The van der Waals surface area contributed by atoms with Crippen molar-refractivity contribution >= 4 is 40.0 Å². The summed E-state index contributed by atoms with van der Waals surface area (Å²) in [5, 5.41) is 12.5. The van der Waals surface area contributed by atoms with Crippen molar-refractivity contribution < 1.29 is 31.9 Å². The molecule has 1 N–H and O–H groups in total. The van der Waals surface area contributed by atoms with Gasteiger partial charge in [-0.25, -0.2) is 9.78 Å². The number of hydrogen-bond donors (Lipinski definition) is 1. The Bertz CT molecular complexity index is 1360. The van der Waals surface area contributed by atoms with Gasteiger partial charge >= 0.3 is 12.1 Å². The minimum Gasteiger partial charge on any atom is -0.464 e. The fourth-order valence-corrected chi connectivity index (χ4v) is 6.28. The topological polar surface area (TPSA) is 105 Å². The molecule has 0 radical (unpaired) electrons. The van der Waals surface area contributed by atoms with Gasteiger partial charge in [-0.15, -0.1) is 11.3 Å². The number of anilines is 1. The van der Waals surface area contributed by atoms with Crippen molar-refractivity contribution in [1.29, 1.82) is 5.26 Å². The van der Waals surface area contributed by atoms with Crippen LogP contribution in [0.3, 0.4) is 0 Å². The summed E-state index contributed by atoms with van der Waals surface area (Å²) in [5.41, 5.74) is -0.192. The van der Waals surface area contributed by atoms with Crippen molar-refractivity contribution in [2.24, 2.45) is 5.92 Å². The molecule has 0 saturated carbocycles. The molecule has 12 heteroatoms. The third-order valence-corrected chi connectivity index (χ3v) is 7.90. The molecule has 0 unspecified atom stereocenters.